The molecule has 0 heterocycles. The van der Waals surface area contributed by atoms with Crippen molar-refractivity contribution in [3.8, 4) is 0 Å². The molecule has 0 aliphatic heterocycles. The number of benzene rings is 1. The molecular weight excluding hydrogens is 714 g/mol. The van der Waals surface area contributed by atoms with Gasteiger partial charge in [0.05, 0.1) is 12.2 Å². The van der Waals surface area contributed by atoms with Crippen LogP contribution in [0.4, 0.5) is 0 Å². The minimum Gasteiger partial charge on any atom is -0.513 e. The molecule has 1 aromatic rings. The van der Waals surface area contributed by atoms with E-state index < -0.39 is 5.41 Å². The SMILES string of the molecule is C=C(O)CC(C)(C)CC(=O)O[C@H]1CC[C@@]2(C)C(CC[C@]3(C)C2CC[C@@H]2C4[C@H](C(=C)C)CC[C@]4(CC(=O)NCc4ccc(Cl)cc4)CC[C@]23C)C1(C)C.CC.CC. The topological polar surface area (TPSA) is 75.6 Å². The summed E-state index contributed by atoms with van der Waals surface area (Å²) in [6.45, 7) is 35.6. The van der Waals surface area contributed by atoms with Crippen LogP contribution in [0.1, 0.15) is 172 Å². The Hall–Kier alpha value is -2.27. The van der Waals surface area contributed by atoms with Crippen LogP contribution in [0.25, 0.3) is 0 Å². The van der Waals surface area contributed by atoms with Crippen LogP contribution in [0, 0.1) is 62.1 Å². The molecule has 5 aliphatic carbocycles. The summed E-state index contributed by atoms with van der Waals surface area (Å²) < 4.78 is 6.36. The molecule has 5 saturated carbocycles. The number of nitrogens with one attached hydrogen (secondary N) is 1. The molecule has 316 valence electrons. The first-order valence-corrected chi connectivity index (χ1v) is 22.8. The normalized spacial score (nSPS) is 36.7. The number of carbonyl (C=O) groups excluding carboxylic acids is 2. The molecule has 0 radical (unpaired) electrons. The number of esters is 1. The van der Waals surface area contributed by atoms with Crippen molar-refractivity contribution in [3.63, 3.8) is 0 Å². The summed E-state index contributed by atoms with van der Waals surface area (Å²) >= 11 is 6.11. The molecule has 6 rings (SSSR count). The highest BCUT2D eigenvalue weighted by Crippen LogP contribution is 2.78. The van der Waals surface area contributed by atoms with Gasteiger partial charge in [-0.2, -0.15) is 0 Å². The van der Waals surface area contributed by atoms with E-state index in [9.17, 15) is 14.7 Å². The maximum absolute atomic E-state index is 13.8. The number of hydrogen-bond acceptors (Lipinski definition) is 4. The first kappa shape index (κ1) is 46.4. The van der Waals surface area contributed by atoms with E-state index in [0.717, 1.165) is 44.1 Å². The zero-order valence-corrected chi connectivity index (χ0v) is 38.4. The highest BCUT2D eigenvalue weighted by atomic mass is 35.5. The minimum atomic E-state index is -0.391. The van der Waals surface area contributed by atoms with E-state index in [1.807, 2.05) is 65.8 Å². The molecule has 56 heavy (non-hydrogen) atoms. The van der Waals surface area contributed by atoms with Crippen molar-refractivity contribution in [2.75, 3.05) is 0 Å². The van der Waals surface area contributed by atoms with E-state index in [4.69, 9.17) is 16.3 Å². The largest absolute Gasteiger partial charge is 0.513 e. The average molecular weight is 795 g/mol. The van der Waals surface area contributed by atoms with Crippen molar-refractivity contribution >= 4 is 23.5 Å². The van der Waals surface area contributed by atoms with Crippen LogP contribution >= 0.6 is 11.6 Å². The predicted molar refractivity (Wildman–Crippen MR) is 234 cm³/mol. The van der Waals surface area contributed by atoms with E-state index in [1.54, 1.807) is 0 Å². The number of allylic oxidation sites excluding steroid dienone is 2. The van der Waals surface area contributed by atoms with Gasteiger partial charge in [-0.1, -0.05) is 119 Å². The second kappa shape index (κ2) is 17.5. The summed E-state index contributed by atoms with van der Waals surface area (Å²) in [5, 5.41) is 13.8. The third-order valence-corrected chi connectivity index (χ3v) is 16.9. The van der Waals surface area contributed by atoms with Crippen molar-refractivity contribution in [3.05, 3.63) is 59.3 Å². The van der Waals surface area contributed by atoms with Gasteiger partial charge in [0, 0.05) is 29.8 Å². The lowest BCUT2D eigenvalue weighted by atomic mass is 9.32. The summed E-state index contributed by atoms with van der Waals surface area (Å²) in [5.74, 6) is 2.79. The molecule has 2 N–H and O–H groups in total. The number of rotatable bonds is 10. The summed E-state index contributed by atoms with van der Waals surface area (Å²) in [6.07, 6.45) is 12.6. The zero-order chi connectivity index (χ0) is 42.1. The number of aliphatic hydroxyl groups excluding tert-OH is 1. The summed E-state index contributed by atoms with van der Waals surface area (Å²) in [5.41, 5.74) is 2.50. The number of ether oxygens (including phenoxy) is 1. The standard InChI is InChI=1S/C46H68ClNO4.2C2H6/c1-29(2)33-17-22-46(26-38(50)48-28-31-11-13-32(47)14-12-31)24-23-44(9)34(40(33)46)15-16-36-43(8)20-19-37(42(6,7)35(43)18-21-45(36,44)10)52-39(51)27-41(4,5)25-30(3)49;2*1-2/h11-14,33-37,40,49H,1,3,15-28H2,2,4-10H3,(H,48,50);2*1-2H3/t33-,34+,35?,36?,37-,40?,43-,44+,45+,46+;;/m0../s1. The van der Waals surface area contributed by atoms with Crippen molar-refractivity contribution in [2.24, 2.45) is 62.1 Å². The fourth-order valence-corrected chi connectivity index (χ4v) is 14.3. The van der Waals surface area contributed by atoms with Gasteiger partial charge in [0.15, 0.2) is 0 Å². The molecule has 5 fully saturated rings. The number of carbonyl (C=O) groups is 2. The average Bonchev–Trinajstić information content (AvgIpc) is 3.50. The fourth-order valence-electron chi connectivity index (χ4n) is 14.2. The molecule has 6 heteroatoms. The Morgan fingerprint density at radius 3 is 2.09 bits per heavy atom. The first-order valence-electron chi connectivity index (χ1n) is 22.4. The quantitative estimate of drug-likeness (QED) is 0.141. The highest BCUT2D eigenvalue weighted by Gasteiger charge is 2.71. The van der Waals surface area contributed by atoms with E-state index in [1.165, 1.54) is 31.3 Å². The van der Waals surface area contributed by atoms with E-state index in [2.05, 4.69) is 60.0 Å². The maximum Gasteiger partial charge on any atom is 0.306 e. The molecule has 5 nitrogen and oxygen atoms in total. The molecule has 1 aromatic carbocycles. The predicted octanol–water partition coefficient (Wildman–Crippen LogP) is 13.8. The Bertz CT molecular complexity index is 1560. The molecule has 5 aliphatic rings. The third-order valence-electron chi connectivity index (χ3n) is 16.7. The van der Waals surface area contributed by atoms with Gasteiger partial charge >= 0.3 is 5.97 Å². The number of fused-ring (bicyclic) bond motifs is 7. The lowest BCUT2D eigenvalue weighted by molar-refractivity contribution is -0.250. The van der Waals surface area contributed by atoms with Crippen LogP contribution in [0.15, 0.2) is 48.8 Å². The highest BCUT2D eigenvalue weighted by molar-refractivity contribution is 6.30. The molecule has 0 saturated heterocycles. The van der Waals surface area contributed by atoms with Crippen LogP contribution in [-0.4, -0.2) is 23.1 Å². The monoisotopic (exact) mass is 794 g/mol. The van der Waals surface area contributed by atoms with Gasteiger partial charge in [-0.15, -0.1) is 0 Å². The van der Waals surface area contributed by atoms with Gasteiger partial charge in [0.1, 0.15) is 6.10 Å². The van der Waals surface area contributed by atoms with Crippen molar-refractivity contribution in [1.82, 2.24) is 5.32 Å². The number of hydrogen-bond donors (Lipinski definition) is 2. The molecule has 0 spiro atoms. The summed E-state index contributed by atoms with van der Waals surface area (Å²) in [4.78, 5) is 27.1. The van der Waals surface area contributed by atoms with Crippen LogP contribution < -0.4 is 5.32 Å². The van der Waals surface area contributed by atoms with E-state index >= 15 is 0 Å². The Morgan fingerprint density at radius 1 is 0.839 bits per heavy atom. The maximum atomic E-state index is 13.8. The van der Waals surface area contributed by atoms with Gasteiger partial charge in [-0.25, -0.2) is 0 Å². The number of amides is 1. The Labute approximate surface area is 347 Å². The molecule has 3 unspecified atom stereocenters. The third kappa shape index (κ3) is 8.56. The van der Waals surface area contributed by atoms with Crippen LogP contribution in [0.2, 0.25) is 5.02 Å². The molecule has 10 atom stereocenters. The Kier molecular flexibility index (Phi) is 14.5. The van der Waals surface area contributed by atoms with Gasteiger partial charge in [-0.3, -0.25) is 9.59 Å². The molecular formula is C50H80ClNO4. The van der Waals surface area contributed by atoms with Crippen LogP contribution in [-0.2, 0) is 20.9 Å². The lowest BCUT2D eigenvalue weighted by Gasteiger charge is -2.73. The zero-order valence-electron chi connectivity index (χ0n) is 37.6. The smallest absolute Gasteiger partial charge is 0.306 e. The van der Waals surface area contributed by atoms with Crippen molar-refractivity contribution < 1.29 is 19.4 Å². The second-order valence-electron chi connectivity index (χ2n) is 20.6. The Balaban J connectivity index is 0.00000169. The number of aliphatic hydroxyl groups is 1. The fraction of sp³-hybridized carbons (Fsp3) is 0.760. The van der Waals surface area contributed by atoms with Crippen molar-refractivity contribution in [2.45, 2.75) is 179 Å². The van der Waals surface area contributed by atoms with Gasteiger partial charge in [-0.05, 0) is 145 Å². The second-order valence-corrected chi connectivity index (χ2v) is 21.0. The lowest BCUT2D eigenvalue weighted by Crippen LogP contribution is -2.67. The first-order chi connectivity index (χ1) is 26.2. The minimum absolute atomic E-state index is 0.0328. The Morgan fingerprint density at radius 2 is 1.48 bits per heavy atom. The van der Waals surface area contributed by atoms with E-state index in [-0.39, 0.29) is 57.2 Å². The van der Waals surface area contributed by atoms with Gasteiger partial charge in [0.2, 0.25) is 5.91 Å². The molecule has 0 bridgehead atoms. The van der Waals surface area contributed by atoms with E-state index in [0.29, 0.717) is 54.0 Å². The number of halogens is 1. The van der Waals surface area contributed by atoms with Gasteiger partial charge in [0.25, 0.3) is 0 Å². The van der Waals surface area contributed by atoms with Crippen molar-refractivity contribution in [1.29, 1.82) is 0 Å². The van der Waals surface area contributed by atoms with Crippen LogP contribution in [0.3, 0.4) is 0 Å². The molecule has 0 aromatic heterocycles. The summed E-state index contributed by atoms with van der Waals surface area (Å²) in [6, 6.07) is 7.77. The van der Waals surface area contributed by atoms with Gasteiger partial charge < -0.3 is 15.2 Å². The van der Waals surface area contributed by atoms with Crippen LogP contribution in [0.5, 0.6) is 0 Å². The molecule has 1 amide bonds. The summed E-state index contributed by atoms with van der Waals surface area (Å²) in [7, 11) is 0.